The van der Waals surface area contributed by atoms with Crippen LogP contribution in [0, 0.1) is 0 Å². The van der Waals surface area contributed by atoms with E-state index in [9.17, 15) is 9.59 Å². The molecule has 2 amide bonds. The summed E-state index contributed by atoms with van der Waals surface area (Å²) in [4.78, 5) is 22.8. The average molecular weight is 184 g/mol. The molecule has 4 heteroatoms. The first kappa shape index (κ1) is 11.7. The topological polar surface area (TPSA) is 49.4 Å². The molecule has 0 heterocycles. The molecule has 0 aromatic carbocycles. The Hall–Kier alpha value is -1.32. The summed E-state index contributed by atoms with van der Waals surface area (Å²) in [6.07, 6.45) is 3.66. The molecule has 0 saturated carbocycles. The van der Waals surface area contributed by atoms with E-state index in [2.05, 4.69) is 5.32 Å². The van der Waals surface area contributed by atoms with Crippen LogP contribution < -0.4 is 5.32 Å². The lowest BCUT2D eigenvalue weighted by Crippen LogP contribution is -2.33. The Morgan fingerprint density at radius 2 is 2.08 bits per heavy atom. The number of nitrogens with one attached hydrogen (secondary N) is 1. The van der Waals surface area contributed by atoms with E-state index in [1.165, 1.54) is 11.0 Å². The molecule has 0 saturated heterocycles. The van der Waals surface area contributed by atoms with Gasteiger partial charge in [-0.3, -0.25) is 4.79 Å². The average Bonchev–Trinajstić information content (AvgIpc) is 2.05. The van der Waals surface area contributed by atoms with Crippen LogP contribution in [-0.2, 0) is 4.79 Å². The lowest BCUT2D eigenvalue weighted by molar-refractivity contribution is -0.104. The van der Waals surface area contributed by atoms with Crippen LogP contribution in [0.5, 0.6) is 0 Å². The summed E-state index contributed by atoms with van der Waals surface area (Å²) in [5.74, 6) is 0. The Labute approximate surface area is 78.6 Å². The van der Waals surface area contributed by atoms with Crippen molar-refractivity contribution in [3.8, 4) is 0 Å². The van der Waals surface area contributed by atoms with Gasteiger partial charge in [-0.1, -0.05) is 13.3 Å². The number of rotatable bonds is 4. The molecular weight excluding hydrogens is 168 g/mol. The minimum Gasteiger partial charge on any atom is -0.331 e. The van der Waals surface area contributed by atoms with E-state index in [1.54, 1.807) is 14.1 Å². The fourth-order valence-corrected chi connectivity index (χ4v) is 0.788. The third-order valence-electron chi connectivity index (χ3n) is 1.46. The smallest absolute Gasteiger partial charge is 0.321 e. The zero-order valence-corrected chi connectivity index (χ0v) is 8.33. The molecule has 0 radical (unpaired) electrons. The Balaban J connectivity index is 4.18. The number of amides is 2. The first-order chi connectivity index (χ1) is 6.11. The summed E-state index contributed by atoms with van der Waals surface area (Å²) in [5, 5.41) is 2.64. The molecule has 0 aromatic rings. The van der Waals surface area contributed by atoms with Crippen LogP contribution in [0.4, 0.5) is 4.79 Å². The van der Waals surface area contributed by atoms with E-state index in [4.69, 9.17) is 0 Å². The fraction of sp³-hybridized carbons (Fsp3) is 0.556. The van der Waals surface area contributed by atoms with Crippen LogP contribution in [0.1, 0.15) is 19.8 Å². The highest BCUT2D eigenvalue weighted by molar-refractivity contribution is 5.77. The minimum absolute atomic E-state index is 0.207. The Morgan fingerprint density at radius 1 is 1.46 bits per heavy atom. The molecular formula is C9H16N2O2. The third kappa shape index (κ3) is 5.00. The number of allylic oxidation sites excluding steroid dienone is 2. The molecule has 0 aliphatic heterocycles. The monoisotopic (exact) mass is 184 g/mol. The van der Waals surface area contributed by atoms with Crippen molar-refractivity contribution in [2.45, 2.75) is 19.8 Å². The maximum Gasteiger partial charge on any atom is 0.321 e. The van der Waals surface area contributed by atoms with Gasteiger partial charge in [0.2, 0.25) is 0 Å². The molecule has 0 aliphatic rings. The summed E-state index contributed by atoms with van der Waals surface area (Å²) >= 11 is 0. The molecule has 0 bridgehead atoms. The molecule has 0 spiro atoms. The van der Waals surface area contributed by atoms with Crippen LogP contribution in [0.15, 0.2) is 11.8 Å². The zero-order valence-electron chi connectivity index (χ0n) is 8.33. The van der Waals surface area contributed by atoms with Gasteiger partial charge < -0.3 is 10.2 Å². The largest absolute Gasteiger partial charge is 0.331 e. The SMILES string of the molecule is CCC/C(=C\C=O)NC(=O)N(C)C. The highest BCUT2D eigenvalue weighted by Gasteiger charge is 2.04. The van der Waals surface area contributed by atoms with Crippen molar-refractivity contribution in [3.05, 3.63) is 11.8 Å². The molecule has 0 fully saturated rings. The van der Waals surface area contributed by atoms with Gasteiger partial charge in [-0.05, 0) is 12.5 Å². The third-order valence-corrected chi connectivity index (χ3v) is 1.46. The predicted octanol–water partition coefficient (Wildman–Crippen LogP) is 1.14. The van der Waals surface area contributed by atoms with Crippen molar-refractivity contribution in [3.63, 3.8) is 0 Å². The second kappa shape index (κ2) is 6.22. The van der Waals surface area contributed by atoms with E-state index < -0.39 is 0 Å². The van der Waals surface area contributed by atoms with Crippen LogP contribution in [0.25, 0.3) is 0 Å². The van der Waals surface area contributed by atoms with E-state index >= 15 is 0 Å². The van der Waals surface area contributed by atoms with Gasteiger partial charge in [0, 0.05) is 19.8 Å². The number of carbonyl (C=O) groups is 2. The second-order valence-electron chi connectivity index (χ2n) is 2.90. The standard InChI is InChI=1S/C9H16N2O2/c1-4-5-8(6-7-12)10-9(13)11(2)3/h6-7H,4-5H2,1-3H3,(H,10,13)/b8-6+. The van der Waals surface area contributed by atoms with Crippen molar-refractivity contribution in [1.82, 2.24) is 10.2 Å². The first-order valence-corrected chi connectivity index (χ1v) is 4.24. The Morgan fingerprint density at radius 3 is 2.46 bits per heavy atom. The van der Waals surface area contributed by atoms with Gasteiger partial charge in [0.05, 0.1) is 0 Å². The highest BCUT2D eigenvalue weighted by atomic mass is 16.2. The molecule has 0 unspecified atom stereocenters. The van der Waals surface area contributed by atoms with E-state index in [1.807, 2.05) is 6.92 Å². The maximum absolute atomic E-state index is 11.2. The number of aldehydes is 1. The van der Waals surface area contributed by atoms with Crippen molar-refractivity contribution < 1.29 is 9.59 Å². The van der Waals surface area contributed by atoms with Crippen LogP contribution in [0.3, 0.4) is 0 Å². The van der Waals surface area contributed by atoms with Gasteiger partial charge in [0.1, 0.15) is 6.29 Å². The number of nitrogens with zero attached hydrogens (tertiary/aromatic N) is 1. The van der Waals surface area contributed by atoms with Crippen LogP contribution in [-0.4, -0.2) is 31.3 Å². The van der Waals surface area contributed by atoms with Crippen LogP contribution >= 0.6 is 0 Å². The van der Waals surface area contributed by atoms with Gasteiger partial charge >= 0.3 is 6.03 Å². The van der Waals surface area contributed by atoms with E-state index in [0.717, 1.165) is 6.42 Å². The lowest BCUT2D eigenvalue weighted by Gasteiger charge is -2.13. The molecule has 0 aliphatic carbocycles. The van der Waals surface area contributed by atoms with E-state index in [0.29, 0.717) is 18.4 Å². The molecule has 13 heavy (non-hydrogen) atoms. The number of carbonyl (C=O) groups excluding carboxylic acids is 2. The Bertz CT molecular complexity index is 210. The van der Waals surface area contributed by atoms with Crippen molar-refractivity contribution in [2.75, 3.05) is 14.1 Å². The summed E-state index contributed by atoms with van der Waals surface area (Å²) < 4.78 is 0. The molecule has 0 rings (SSSR count). The van der Waals surface area contributed by atoms with Gasteiger partial charge in [0.15, 0.2) is 0 Å². The summed E-state index contributed by atoms with van der Waals surface area (Å²) in [5.41, 5.74) is 0.663. The second-order valence-corrected chi connectivity index (χ2v) is 2.90. The Kier molecular flexibility index (Phi) is 5.59. The fourth-order valence-electron chi connectivity index (χ4n) is 0.788. The van der Waals surface area contributed by atoms with Gasteiger partial charge in [-0.2, -0.15) is 0 Å². The normalized spacial score (nSPS) is 10.8. The molecule has 0 aromatic heterocycles. The maximum atomic E-state index is 11.2. The summed E-state index contributed by atoms with van der Waals surface area (Å²) in [6, 6.07) is -0.207. The van der Waals surface area contributed by atoms with Crippen LogP contribution in [0.2, 0.25) is 0 Å². The number of hydrogen-bond acceptors (Lipinski definition) is 2. The molecule has 74 valence electrons. The lowest BCUT2D eigenvalue weighted by atomic mass is 10.2. The van der Waals surface area contributed by atoms with Crippen molar-refractivity contribution in [1.29, 1.82) is 0 Å². The van der Waals surface area contributed by atoms with Crippen molar-refractivity contribution >= 4 is 12.3 Å². The summed E-state index contributed by atoms with van der Waals surface area (Å²) in [7, 11) is 3.31. The summed E-state index contributed by atoms with van der Waals surface area (Å²) in [6.45, 7) is 1.99. The molecule has 4 nitrogen and oxygen atoms in total. The number of urea groups is 1. The van der Waals surface area contributed by atoms with Gasteiger partial charge in [-0.25, -0.2) is 4.79 Å². The highest BCUT2D eigenvalue weighted by Crippen LogP contribution is 1.99. The van der Waals surface area contributed by atoms with E-state index in [-0.39, 0.29) is 6.03 Å². The number of hydrogen-bond donors (Lipinski definition) is 1. The van der Waals surface area contributed by atoms with Crippen molar-refractivity contribution in [2.24, 2.45) is 0 Å². The molecule has 0 atom stereocenters. The molecule has 1 N–H and O–H groups in total. The van der Waals surface area contributed by atoms with Gasteiger partial charge in [-0.15, -0.1) is 0 Å². The van der Waals surface area contributed by atoms with Gasteiger partial charge in [0.25, 0.3) is 0 Å². The quantitative estimate of drug-likeness (QED) is 0.526. The predicted molar refractivity (Wildman–Crippen MR) is 51.3 cm³/mol. The zero-order chi connectivity index (χ0) is 10.3. The minimum atomic E-state index is -0.207. The first-order valence-electron chi connectivity index (χ1n) is 4.24.